The molecule has 4 rings (SSSR count). The Morgan fingerprint density at radius 3 is 1.87 bits per heavy atom. The quantitative estimate of drug-likeness (QED) is 0.182. The standard InChI is InChI=1S/C35H53Cl2N9O6/c1-34(2,3)25(30(50)44-15-17-45(18-16-44)32-39-12-8-13-40-32)42-33(52)43-26(35(4,5)6)31(51)46-14-11-21(27(36)37)23(46)29(49)41-22(24(47)28(38)48)19-20-9-7-10-20/h8,12-13,20-23,25-27H,7,9-11,14-19H2,1-6H3,(H2,38,48)(H,41,49)(H2,42,43,52)/t21-,22?,23-,25+,26+/m0/s1. The van der Waals surface area contributed by atoms with Gasteiger partial charge in [0.05, 0.1) is 6.04 Å². The molecule has 0 bridgehead atoms. The van der Waals surface area contributed by atoms with Gasteiger partial charge in [-0.25, -0.2) is 14.8 Å². The normalized spacial score (nSPS) is 21.5. The first-order valence-electron chi connectivity index (χ1n) is 17.9. The molecule has 2 saturated heterocycles. The first kappa shape index (κ1) is 41.0. The van der Waals surface area contributed by atoms with Gasteiger partial charge in [0.1, 0.15) is 23.0 Å². The number of alkyl halides is 2. The summed E-state index contributed by atoms with van der Waals surface area (Å²) in [5.41, 5.74) is 3.78. The summed E-state index contributed by atoms with van der Waals surface area (Å²) >= 11 is 12.7. The van der Waals surface area contributed by atoms with Gasteiger partial charge in [-0.2, -0.15) is 0 Å². The number of nitrogens with zero attached hydrogens (tertiary/aromatic N) is 5. The Kier molecular flexibility index (Phi) is 13.4. The van der Waals surface area contributed by atoms with E-state index in [1.165, 1.54) is 4.90 Å². The third kappa shape index (κ3) is 10.0. The van der Waals surface area contributed by atoms with Crippen LogP contribution in [0, 0.1) is 22.7 Å². The molecular weight excluding hydrogens is 713 g/mol. The molecule has 17 heteroatoms. The monoisotopic (exact) mass is 765 g/mol. The van der Waals surface area contributed by atoms with Crippen LogP contribution in [0.15, 0.2) is 18.5 Å². The number of nitrogens with two attached hydrogens (primary N) is 1. The fraction of sp³-hybridized carbons (Fsp3) is 0.714. The van der Waals surface area contributed by atoms with E-state index in [1.54, 1.807) is 44.1 Å². The lowest BCUT2D eigenvalue weighted by Crippen LogP contribution is -2.64. The Morgan fingerprint density at radius 1 is 0.827 bits per heavy atom. The van der Waals surface area contributed by atoms with E-state index >= 15 is 0 Å². The first-order valence-corrected chi connectivity index (χ1v) is 18.8. The second-order valence-electron chi connectivity index (χ2n) is 16.2. The van der Waals surface area contributed by atoms with Gasteiger partial charge in [-0.15, -0.1) is 23.2 Å². The van der Waals surface area contributed by atoms with Crippen molar-refractivity contribution in [2.75, 3.05) is 37.6 Å². The van der Waals surface area contributed by atoms with Gasteiger partial charge in [-0.1, -0.05) is 60.8 Å². The molecule has 0 radical (unpaired) electrons. The third-order valence-electron chi connectivity index (χ3n) is 10.2. The topological polar surface area (TPSA) is 200 Å². The van der Waals surface area contributed by atoms with Gasteiger partial charge in [0.2, 0.25) is 29.5 Å². The van der Waals surface area contributed by atoms with Gasteiger partial charge in [0, 0.05) is 51.0 Å². The van der Waals surface area contributed by atoms with E-state index in [0.717, 1.165) is 19.3 Å². The first-order chi connectivity index (χ1) is 24.3. The fourth-order valence-electron chi connectivity index (χ4n) is 6.92. The molecule has 0 aromatic carbocycles. The van der Waals surface area contributed by atoms with Crippen molar-refractivity contribution in [1.29, 1.82) is 0 Å². The van der Waals surface area contributed by atoms with Crippen molar-refractivity contribution in [3.8, 4) is 0 Å². The van der Waals surface area contributed by atoms with Crippen LogP contribution >= 0.6 is 23.2 Å². The Bertz CT molecular complexity index is 1470. The number of hydrogen-bond donors (Lipinski definition) is 4. The van der Waals surface area contributed by atoms with Crippen LogP contribution in [-0.4, -0.2) is 117 Å². The minimum atomic E-state index is -1.18. The van der Waals surface area contributed by atoms with E-state index in [0.29, 0.717) is 32.1 Å². The molecule has 1 unspecified atom stereocenters. The number of hydrogen-bond acceptors (Lipinski definition) is 9. The second-order valence-corrected chi connectivity index (χ2v) is 17.3. The summed E-state index contributed by atoms with van der Waals surface area (Å²) in [5, 5.41) is 8.30. The number of halogens is 2. The van der Waals surface area contributed by atoms with Crippen LogP contribution < -0.4 is 26.6 Å². The lowest BCUT2D eigenvalue weighted by Gasteiger charge is -2.40. The number of amides is 6. The maximum Gasteiger partial charge on any atom is 0.316 e. The van der Waals surface area contributed by atoms with Crippen LogP contribution in [0.3, 0.4) is 0 Å². The van der Waals surface area contributed by atoms with Gasteiger partial charge < -0.3 is 36.4 Å². The highest BCUT2D eigenvalue weighted by molar-refractivity contribution is 6.44. The number of aromatic nitrogens is 2. The van der Waals surface area contributed by atoms with Crippen molar-refractivity contribution in [3.63, 3.8) is 0 Å². The number of anilines is 1. The molecule has 2 aliphatic heterocycles. The fourth-order valence-corrected chi connectivity index (χ4v) is 7.44. The smallest absolute Gasteiger partial charge is 0.316 e. The summed E-state index contributed by atoms with van der Waals surface area (Å²) < 4.78 is 0. The van der Waals surface area contributed by atoms with Gasteiger partial charge in [0.25, 0.3) is 5.91 Å². The molecule has 3 heterocycles. The molecule has 1 aromatic heterocycles. The van der Waals surface area contributed by atoms with Crippen molar-refractivity contribution in [2.45, 2.75) is 103 Å². The molecule has 5 N–H and O–H groups in total. The van der Waals surface area contributed by atoms with Gasteiger partial charge >= 0.3 is 6.03 Å². The predicted octanol–water partition coefficient (Wildman–Crippen LogP) is 2.00. The van der Waals surface area contributed by atoms with Crippen molar-refractivity contribution < 1.29 is 28.8 Å². The Hall–Kier alpha value is -3.72. The summed E-state index contributed by atoms with van der Waals surface area (Å²) in [6.07, 6.45) is 6.58. The maximum atomic E-state index is 14.4. The Morgan fingerprint density at radius 2 is 1.38 bits per heavy atom. The third-order valence-corrected chi connectivity index (χ3v) is 10.8. The summed E-state index contributed by atoms with van der Waals surface area (Å²) in [6.45, 7) is 12.8. The molecule has 3 aliphatic rings. The number of carbonyl (C=O) groups is 6. The highest BCUT2D eigenvalue weighted by Gasteiger charge is 2.49. The number of piperazine rings is 1. The number of primary amides is 1. The number of rotatable bonds is 12. The van der Waals surface area contributed by atoms with Crippen LogP contribution in [0.2, 0.25) is 0 Å². The molecular formula is C35H53Cl2N9O6. The van der Waals surface area contributed by atoms with Crippen molar-refractivity contribution in [2.24, 2.45) is 28.4 Å². The highest BCUT2D eigenvalue weighted by Crippen LogP contribution is 2.35. The highest BCUT2D eigenvalue weighted by atomic mass is 35.5. The molecule has 15 nitrogen and oxygen atoms in total. The number of nitrogens with one attached hydrogen (secondary N) is 3. The Labute approximate surface area is 315 Å². The van der Waals surface area contributed by atoms with Crippen LogP contribution in [0.4, 0.5) is 10.7 Å². The zero-order valence-corrected chi connectivity index (χ0v) is 32.4. The van der Waals surface area contributed by atoms with Gasteiger partial charge in [0.15, 0.2) is 0 Å². The van der Waals surface area contributed by atoms with Crippen LogP contribution in [0.1, 0.15) is 73.6 Å². The zero-order valence-electron chi connectivity index (χ0n) is 30.9. The second kappa shape index (κ2) is 17.0. The van der Waals surface area contributed by atoms with E-state index in [1.807, 2.05) is 25.7 Å². The minimum Gasteiger partial charge on any atom is -0.363 e. The number of urea groups is 1. The number of carbonyl (C=O) groups excluding carboxylic acids is 6. The maximum absolute atomic E-state index is 14.4. The number of likely N-dealkylation sites (tertiary alicyclic amines) is 1. The Balaban J connectivity index is 1.49. The van der Waals surface area contributed by atoms with E-state index in [2.05, 4.69) is 25.9 Å². The van der Waals surface area contributed by atoms with Crippen LogP contribution in [-0.2, 0) is 24.0 Å². The van der Waals surface area contributed by atoms with Gasteiger partial charge in [-0.05, 0) is 35.7 Å². The molecule has 288 valence electrons. The van der Waals surface area contributed by atoms with Crippen molar-refractivity contribution in [1.82, 2.24) is 35.7 Å². The lowest BCUT2D eigenvalue weighted by molar-refractivity contribution is -0.144. The summed E-state index contributed by atoms with van der Waals surface area (Å²) in [6, 6.07) is -3.40. The van der Waals surface area contributed by atoms with E-state index in [-0.39, 0.29) is 31.2 Å². The average molecular weight is 767 g/mol. The minimum absolute atomic E-state index is 0.105. The molecule has 1 aliphatic carbocycles. The molecule has 6 amide bonds. The SMILES string of the molecule is CC(C)(C)[C@H](NC(=O)N[C@H](C(=O)N1CC[C@H](C(Cl)Cl)[C@H]1C(=O)NC(CC1CCC1)C(=O)C(N)=O)C(C)(C)C)C(=O)N1CCN(c2ncccn2)CC1. The lowest BCUT2D eigenvalue weighted by atomic mass is 9.80. The molecule has 52 heavy (non-hydrogen) atoms. The predicted molar refractivity (Wildman–Crippen MR) is 196 cm³/mol. The summed E-state index contributed by atoms with van der Waals surface area (Å²) in [4.78, 5) is 93.0. The molecule has 0 spiro atoms. The van der Waals surface area contributed by atoms with E-state index in [4.69, 9.17) is 28.9 Å². The van der Waals surface area contributed by atoms with Gasteiger partial charge in [-0.3, -0.25) is 24.0 Å². The van der Waals surface area contributed by atoms with Crippen molar-refractivity contribution >= 4 is 64.6 Å². The molecule has 1 saturated carbocycles. The molecule has 5 atom stereocenters. The summed E-state index contributed by atoms with van der Waals surface area (Å²) in [7, 11) is 0. The number of Topliss-reactive ketones (excluding diaryl/α,β-unsaturated/α-hetero) is 1. The van der Waals surface area contributed by atoms with Crippen LogP contribution in [0.25, 0.3) is 0 Å². The van der Waals surface area contributed by atoms with E-state index in [9.17, 15) is 28.8 Å². The average Bonchev–Trinajstić information content (AvgIpc) is 3.52. The van der Waals surface area contributed by atoms with Crippen LogP contribution in [0.5, 0.6) is 0 Å². The van der Waals surface area contributed by atoms with E-state index < -0.39 is 75.3 Å². The van der Waals surface area contributed by atoms with Crippen molar-refractivity contribution in [3.05, 3.63) is 18.5 Å². The molecule has 1 aromatic rings. The summed E-state index contributed by atoms with van der Waals surface area (Å²) in [5.74, 6) is -3.53. The number of ketones is 1. The largest absolute Gasteiger partial charge is 0.363 e. The zero-order chi connectivity index (χ0) is 38.5. The molecule has 3 fully saturated rings.